The van der Waals surface area contributed by atoms with E-state index in [9.17, 15) is 18.4 Å². The number of hydrogen-bond donors (Lipinski definition) is 2. The molecule has 5 rings (SSSR count). The molecule has 182 valence electrons. The largest absolute Gasteiger partial charge is 0.345 e. The van der Waals surface area contributed by atoms with Gasteiger partial charge in [0.25, 0.3) is 5.91 Å². The van der Waals surface area contributed by atoms with E-state index >= 15 is 0 Å². The highest BCUT2D eigenvalue weighted by molar-refractivity contribution is 5.92. The Kier molecular flexibility index (Phi) is 6.98. The van der Waals surface area contributed by atoms with Gasteiger partial charge in [0, 0.05) is 32.5 Å². The summed E-state index contributed by atoms with van der Waals surface area (Å²) in [6, 6.07) is 1.80. The molecule has 0 atom stereocenters. The second-order valence-electron chi connectivity index (χ2n) is 8.35. The Morgan fingerprint density at radius 1 is 1.26 bits per heavy atom. The molecule has 1 aliphatic heterocycles. The number of aromatic nitrogens is 5. The highest BCUT2D eigenvalue weighted by atomic mass is 19.3. The molecule has 13 heteroatoms. The number of nitrogens with zero attached hydrogens (tertiary/aromatic N) is 6. The van der Waals surface area contributed by atoms with Gasteiger partial charge in [-0.25, -0.2) is 27.7 Å². The van der Waals surface area contributed by atoms with E-state index in [1.165, 1.54) is 0 Å². The molecule has 2 fully saturated rings. The first-order valence-electron chi connectivity index (χ1n) is 11.1. The van der Waals surface area contributed by atoms with Crippen LogP contribution in [0.15, 0.2) is 23.1 Å². The molecule has 2 aliphatic rings. The zero-order chi connectivity index (χ0) is 24.1. The van der Waals surface area contributed by atoms with Crippen LogP contribution in [-0.2, 0) is 13.1 Å². The van der Waals surface area contributed by atoms with Gasteiger partial charge in [0.05, 0.1) is 24.6 Å². The minimum atomic E-state index is -2.32. The van der Waals surface area contributed by atoms with Crippen molar-refractivity contribution in [2.45, 2.75) is 58.0 Å². The molecule has 0 unspecified atom stereocenters. The number of rotatable bonds is 5. The average molecular weight is 476 g/mol. The molecule has 11 nitrogen and oxygen atoms in total. The van der Waals surface area contributed by atoms with Gasteiger partial charge in [-0.2, -0.15) is 5.10 Å². The number of imidazole rings is 1. The number of halogens is 2. The first-order valence-corrected chi connectivity index (χ1v) is 11.1. The van der Waals surface area contributed by atoms with E-state index in [2.05, 4.69) is 35.7 Å². The predicted molar refractivity (Wildman–Crippen MR) is 115 cm³/mol. The molecule has 34 heavy (non-hydrogen) atoms. The van der Waals surface area contributed by atoms with Gasteiger partial charge in [0.2, 0.25) is 5.92 Å². The number of alkyl halides is 2. The molecule has 0 radical (unpaired) electrons. The maximum atomic E-state index is 12.2. The van der Waals surface area contributed by atoms with Crippen LogP contribution in [0.1, 0.15) is 59.5 Å². The third-order valence-electron chi connectivity index (χ3n) is 5.63. The van der Waals surface area contributed by atoms with Crippen molar-refractivity contribution in [2.24, 2.45) is 0 Å². The van der Waals surface area contributed by atoms with Crippen LogP contribution in [0.3, 0.4) is 0 Å². The summed E-state index contributed by atoms with van der Waals surface area (Å²) in [4.78, 5) is 29.8. The lowest BCUT2D eigenvalue weighted by Gasteiger charge is -2.20. The number of urea groups is 1. The van der Waals surface area contributed by atoms with Crippen molar-refractivity contribution in [1.82, 2.24) is 40.4 Å². The van der Waals surface area contributed by atoms with Crippen molar-refractivity contribution < 1.29 is 23.0 Å². The van der Waals surface area contributed by atoms with Gasteiger partial charge >= 0.3 is 6.03 Å². The summed E-state index contributed by atoms with van der Waals surface area (Å²) in [5.41, 5.74) is 2.76. The average Bonchev–Trinajstić information content (AvgIpc) is 3.52. The highest BCUT2D eigenvalue weighted by Gasteiger charge is 2.30. The molecule has 3 amide bonds. The van der Waals surface area contributed by atoms with Crippen molar-refractivity contribution in [3.05, 3.63) is 41.1 Å². The smallest absolute Gasteiger partial charge is 0.317 e. The molecule has 4 heterocycles. The van der Waals surface area contributed by atoms with E-state index in [0.29, 0.717) is 49.5 Å². The van der Waals surface area contributed by atoms with Gasteiger partial charge in [0.1, 0.15) is 5.69 Å². The predicted octanol–water partition coefficient (Wildman–Crippen LogP) is 2.46. The minimum absolute atomic E-state index is 0.0748. The number of amides is 3. The fourth-order valence-corrected chi connectivity index (χ4v) is 3.78. The number of nitrogens with one attached hydrogen (secondary N) is 2. The number of hydrogen-bond acceptors (Lipinski definition) is 7. The molecule has 0 aromatic carbocycles. The SMILES string of the molecule is Cc1nonc1C(=O)NCc1cn2ncc(CN3CCNC3=O)cc2n1.FC1(F)CCCCC1. The van der Waals surface area contributed by atoms with E-state index in [4.69, 9.17) is 0 Å². The minimum Gasteiger partial charge on any atom is -0.345 e. The normalized spacial score (nSPS) is 17.3. The summed E-state index contributed by atoms with van der Waals surface area (Å²) in [6.07, 6.45) is 6.10. The van der Waals surface area contributed by atoms with E-state index in [-0.39, 0.29) is 37.0 Å². The molecule has 1 aliphatic carbocycles. The van der Waals surface area contributed by atoms with Crippen LogP contribution in [0.2, 0.25) is 0 Å². The molecular weight excluding hydrogens is 450 g/mol. The Balaban J connectivity index is 0.000000291. The number of aryl methyl sites for hydroxylation is 1. The monoisotopic (exact) mass is 476 g/mol. The Bertz CT molecular complexity index is 1150. The van der Waals surface area contributed by atoms with E-state index in [1.54, 1.807) is 28.7 Å². The van der Waals surface area contributed by atoms with Gasteiger partial charge in [-0.1, -0.05) is 11.6 Å². The summed E-state index contributed by atoms with van der Waals surface area (Å²) in [7, 11) is 0. The van der Waals surface area contributed by atoms with E-state index in [0.717, 1.165) is 12.0 Å². The lowest BCUT2D eigenvalue weighted by atomic mass is 9.97. The van der Waals surface area contributed by atoms with Crippen LogP contribution in [-0.4, -0.2) is 60.8 Å². The van der Waals surface area contributed by atoms with Crippen molar-refractivity contribution in [3.8, 4) is 0 Å². The summed E-state index contributed by atoms with van der Waals surface area (Å²) in [6.45, 7) is 3.67. The third-order valence-corrected chi connectivity index (χ3v) is 5.63. The highest BCUT2D eigenvalue weighted by Crippen LogP contribution is 2.32. The zero-order valence-electron chi connectivity index (χ0n) is 18.8. The Hall–Kier alpha value is -3.64. The second-order valence-corrected chi connectivity index (χ2v) is 8.35. The maximum absolute atomic E-state index is 12.2. The third kappa shape index (κ3) is 5.83. The van der Waals surface area contributed by atoms with Crippen molar-refractivity contribution in [2.75, 3.05) is 13.1 Å². The molecular formula is C21H26F2N8O3. The lowest BCUT2D eigenvalue weighted by Crippen LogP contribution is -2.27. The first kappa shape index (κ1) is 23.5. The zero-order valence-corrected chi connectivity index (χ0v) is 18.8. The molecule has 0 spiro atoms. The van der Waals surface area contributed by atoms with Crippen LogP contribution in [0, 0.1) is 6.92 Å². The van der Waals surface area contributed by atoms with Gasteiger partial charge in [-0.3, -0.25) is 4.79 Å². The molecule has 3 aromatic heterocycles. The molecule has 1 saturated carbocycles. The summed E-state index contributed by atoms with van der Waals surface area (Å²) in [5, 5.41) is 16.9. The Morgan fingerprint density at radius 2 is 2.06 bits per heavy atom. The Morgan fingerprint density at radius 3 is 2.68 bits per heavy atom. The van der Waals surface area contributed by atoms with Gasteiger partial charge in [0.15, 0.2) is 11.3 Å². The van der Waals surface area contributed by atoms with Crippen LogP contribution in [0.4, 0.5) is 13.6 Å². The van der Waals surface area contributed by atoms with E-state index in [1.807, 2.05) is 6.07 Å². The van der Waals surface area contributed by atoms with Crippen LogP contribution in [0.5, 0.6) is 0 Å². The van der Waals surface area contributed by atoms with Crippen molar-refractivity contribution in [3.63, 3.8) is 0 Å². The van der Waals surface area contributed by atoms with Gasteiger partial charge in [-0.15, -0.1) is 0 Å². The number of fused-ring (bicyclic) bond motifs is 1. The summed E-state index contributed by atoms with van der Waals surface area (Å²) in [5.74, 6) is -2.70. The lowest BCUT2D eigenvalue weighted by molar-refractivity contribution is -0.0337. The first-order chi connectivity index (χ1) is 16.3. The molecule has 1 saturated heterocycles. The quantitative estimate of drug-likeness (QED) is 0.578. The van der Waals surface area contributed by atoms with Crippen LogP contribution >= 0.6 is 0 Å². The number of carbonyl (C=O) groups excluding carboxylic acids is 2. The fourth-order valence-electron chi connectivity index (χ4n) is 3.78. The number of carbonyl (C=O) groups is 2. The second kappa shape index (κ2) is 10.1. The van der Waals surface area contributed by atoms with E-state index < -0.39 is 5.92 Å². The van der Waals surface area contributed by atoms with Crippen LogP contribution in [0.25, 0.3) is 5.65 Å². The standard InChI is InChI=1S/C15H16N8O3.C6H10F2/c1-9-13(21-26-20-9)14(24)17-6-11-8-23-12(19-11)4-10(5-18-23)7-22-3-2-16-15(22)25;7-6(8)4-2-1-3-5-6/h4-5,8H,2-3,6-7H2,1H3,(H,16,25)(H,17,24);1-5H2. The molecule has 3 aromatic rings. The summed E-state index contributed by atoms with van der Waals surface area (Å²) >= 11 is 0. The van der Waals surface area contributed by atoms with Crippen LogP contribution < -0.4 is 10.6 Å². The Labute approximate surface area is 193 Å². The topological polar surface area (TPSA) is 131 Å². The molecule has 2 N–H and O–H groups in total. The molecule has 0 bridgehead atoms. The van der Waals surface area contributed by atoms with Crippen molar-refractivity contribution in [1.29, 1.82) is 0 Å². The van der Waals surface area contributed by atoms with Gasteiger partial charge in [-0.05, 0) is 36.6 Å². The summed E-state index contributed by atoms with van der Waals surface area (Å²) < 4.78 is 30.6. The maximum Gasteiger partial charge on any atom is 0.317 e. The van der Waals surface area contributed by atoms with Gasteiger partial charge < -0.3 is 15.5 Å². The van der Waals surface area contributed by atoms with Crippen molar-refractivity contribution >= 4 is 17.6 Å². The fraction of sp³-hybridized carbons (Fsp3) is 0.524.